The van der Waals surface area contributed by atoms with Crippen LogP contribution >= 0.6 is 21.3 Å². The van der Waals surface area contributed by atoms with Gasteiger partial charge in [0.1, 0.15) is 18.3 Å². The quantitative estimate of drug-likeness (QED) is 0.182. The number of hydrogen-bond donors (Lipinski definition) is 4. The topological polar surface area (TPSA) is 270 Å². The number of phosphoric acid groups is 1. The van der Waals surface area contributed by atoms with Gasteiger partial charge in [-0.3, -0.25) is 27.8 Å². The molecule has 1 saturated heterocycles. The number of H-pyrrole nitrogens is 1. The van der Waals surface area contributed by atoms with E-state index in [0.29, 0.717) is 0 Å². The minimum absolute atomic E-state index is 0.0863. The Morgan fingerprint density at radius 3 is 2.59 bits per heavy atom. The summed E-state index contributed by atoms with van der Waals surface area (Å²) in [6, 6.07) is 0. The number of fused-ring (bicyclic) bond motifs is 1. The molecule has 1 aliphatic heterocycles. The molecule has 2 aromatic heterocycles. The molecule has 6 atom stereocenters. The standard InChI is InChI=1S/C10H16N5O12P3S2/c11-10-13-7-4(8(18)14-10)12-2-15(7)9-6(17)5(16)3(25-9)1-24-30(23,32)27-28(19,20)26-29(21,22)31/h2-3,5-6,9,16-17H,1H2,(H,19,20)(H,23,32)(H2,21,22,31)(H3,11,13,14,18)/p-4/t3-,5-,6-,9-,30?/m1/s1. The maximum absolute atomic E-state index is 12.0. The minimum Gasteiger partial charge on any atom is -0.812 e. The first kappa shape index (κ1) is 25.9. The fraction of sp³-hybridized carbons (Fsp3) is 0.500. The lowest BCUT2D eigenvalue weighted by Gasteiger charge is -2.41. The Hall–Kier alpha value is -0.750. The van der Waals surface area contributed by atoms with E-state index < -0.39 is 58.0 Å². The summed E-state index contributed by atoms with van der Waals surface area (Å²) >= 11 is 8.08. The molecule has 5 N–H and O–H groups in total. The lowest BCUT2D eigenvalue weighted by Crippen LogP contribution is -2.33. The van der Waals surface area contributed by atoms with E-state index in [-0.39, 0.29) is 17.1 Å². The van der Waals surface area contributed by atoms with Gasteiger partial charge in [0.25, 0.3) is 13.4 Å². The van der Waals surface area contributed by atoms with Gasteiger partial charge in [0.05, 0.1) is 12.9 Å². The summed E-state index contributed by atoms with van der Waals surface area (Å²) in [4.78, 5) is 54.7. The van der Waals surface area contributed by atoms with Crippen LogP contribution in [0.5, 0.6) is 0 Å². The molecule has 22 heteroatoms. The number of nitrogen functional groups attached to an aromatic ring is 1. The Balaban J connectivity index is 1.72. The summed E-state index contributed by atoms with van der Waals surface area (Å²) in [6.07, 6.45) is -5.06. The van der Waals surface area contributed by atoms with Crippen molar-refractivity contribution in [2.45, 2.75) is 24.5 Å². The van der Waals surface area contributed by atoms with Crippen molar-refractivity contribution < 1.29 is 51.9 Å². The van der Waals surface area contributed by atoms with Crippen molar-refractivity contribution in [1.82, 2.24) is 19.5 Å². The van der Waals surface area contributed by atoms with Gasteiger partial charge in [0.15, 0.2) is 17.4 Å². The molecule has 0 spiro atoms. The van der Waals surface area contributed by atoms with Gasteiger partial charge in [-0.1, -0.05) is 6.72 Å². The number of ether oxygens (including phenoxy) is 1. The molecule has 3 rings (SSSR count). The van der Waals surface area contributed by atoms with Crippen molar-refractivity contribution in [3.63, 3.8) is 0 Å². The summed E-state index contributed by atoms with van der Waals surface area (Å²) in [5.41, 5.74) is 4.59. The van der Waals surface area contributed by atoms with Gasteiger partial charge in [0, 0.05) is 0 Å². The summed E-state index contributed by atoms with van der Waals surface area (Å²) in [5.74, 6) is -0.257. The third-order valence-electron chi connectivity index (χ3n) is 3.86. The van der Waals surface area contributed by atoms with Crippen LogP contribution in [0.2, 0.25) is 0 Å². The number of imidazole rings is 1. The fourth-order valence-corrected chi connectivity index (χ4v) is 7.19. The van der Waals surface area contributed by atoms with Crippen LogP contribution in [0, 0.1) is 0 Å². The van der Waals surface area contributed by atoms with E-state index >= 15 is 0 Å². The summed E-state index contributed by atoms with van der Waals surface area (Å²) in [6.45, 7) is -11.0. The number of anilines is 1. The summed E-state index contributed by atoms with van der Waals surface area (Å²) < 4.78 is 42.0. The number of aromatic nitrogens is 4. The maximum atomic E-state index is 12.0. The molecule has 3 heterocycles. The van der Waals surface area contributed by atoms with Crippen molar-refractivity contribution in [3.05, 3.63) is 16.7 Å². The van der Waals surface area contributed by atoms with Crippen molar-refractivity contribution in [1.29, 1.82) is 0 Å². The van der Waals surface area contributed by atoms with Crippen LogP contribution in [0.25, 0.3) is 11.2 Å². The highest BCUT2D eigenvalue weighted by molar-refractivity contribution is 8.33. The van der Waals surface area contributed by atoms with Crippen molar-refractivity contribution >= 4 is 62.5 Å². The van der Waals surface area contributed by atoms with Gasteiger partial charge in [-0.15, -0.1) is 11.8 Å². The van der Waals surface area contributed by atoms with Crippen LogP contribution in [0.4, 0.5) is 5.95 Å². The molecule has 1 fully saturated rings. The van der Waals surface area contributed by atoms with Crippen LogP contribution < -0.4 is 26.0 Å². The average molecular weight is 551 g/mol. The molecule has 32 heavy (non-hydrogen) atoms. The maximum Gasteiger partial charge on any atom is 0.280 e. The zero-order chi connectivity index (χ0) is 24.1. The molecule has 180 valence electrons. The number of aliphatic hydroxyl groups is 2. The van der Waals surface area contributed by atoms with E-state index in [2.05, 4.69) is 52.2 Å². The molecule has 0 saturated carbocycles. The number of rotatable bonds is 8. The van der Waals surface area contributed by atoms with Crippen molar-refractivity contribution in [2.75, 3.05) is 12.3 Å². The predicted molar refractivity (Wildman–Crippen MR) is 103 cm³/mol. The molecule has 0 aromatic carbocycles. The molecule has 17 nitrogen and oxygen atoms in total. The average Bonchev–Trinajstić information content (AvgIpc) is 3.12. The van der Waals surface area contributed by atoms with Gasteiger partial charge in [-0.2, -0.15) is 4.98 Å². The largest absolute Gasteiger partial charge is 0.812 e. The summed E-state index contributed by atoms with van der Waals surface area (Å²) in [5, 5.41) is 20.5. The van der Waals surface area contributed by atoms with E-state index in [1.54, 1.807) is 0 Å². The van der Waals surface area contributed by atoms with E-state index in [9.17, 15) is 38.8 Å². The van der Waals surface area contributed by atoms with Crippen molar-refractivity contribution in [2.24, 2.45) is 0 Å². The van der Waals surface area contributed by atoms with Crippen LogP contribution in [0.15, 0.2) is 11.1 Å². The number of nitrogens with two attached hydrogens (primary N) is 1. The molecule has 1 aliphatic rings. The van der Waals surface area contributed by atoms with E-state index in [1.807, 2.05) is 0 Å². The Labute approximate surface area is 187 Å². The second kappa shape index (κ2) is 9.13. The highest BCUT2D eigenvalue weighted by Gasteiger charge is 2.45. The third-order valence-corrected chi connectivity index (χ3v) is 9.04. The zero-order valence-electron chi connectivity index (χ0n) is 15.1. The number of hydrogen-bond acceptors (Lipinski definition) is 17. The lowest BCUT2D eigenvalue weighted by molar-refractivity contribution is -0.319. The number of nitrogens with zero attached hydrogens (tertiary/aromatic N) is 3. The molecule has 0 amide bonds. The van der Waals surface area contributed by atoms with E-state index in [4.69, 9.17) is 10.5 Å². The third kappa shape index (κ3) is 6.02. The smallest absolute Gasteiger partial charge is 0.280 e. The number of nitrogens with one attached hydrogen (secondary N) is 1. The number of aliphatic hydroxyl groups excluding tert-OH is 2. The molecular formula is C10H12N5O12P3S2-4. The van der Waals surface area contributed by atoms with Crippen LogP contribution in [0.3, 0.4) is 0 Å². The monoisotopic (exact) mass is 551 g/mol. The second-order valence-electron chi connectivity index (χ2n) is 6.12. The van der Waals surface area contributed by atoms with Gasteiger partial charge in [-0.25, -0.2) is 4.98 Å². The first-order valence-corrected chi connectivity index (χ1v) is 14.6. The molecule has 0 bridgehead atoms. The zero-order valence-corrected chi connectivity index (χ0v) is 19.5. The molecular weight excluding hydrogens is 539 g/mol. The van der Waals surface area contributed by atoms with Gasteiger partial charge < -0.3 is 56.4 Å². The predicted octanol–water partition coefficient (Wildman–Crippen LogP) is -3.56. The highest BCUT2D eigenvalue weighted by Crippen LogP contribution is 2.63. The normalized spacial score (nSPS) is 27.9. The highest BCUT2D eigenvalue weighted by atomic mass is 32.7. The lowest BCUT2D eigenvalue weighted by atomic mass is 10.1. The van der Waals surface area contributed by atoms with Crippen molar-refractivity contribution in [3.8, 4) is 0 Å². The van der Waals surface area contributed by atoms with E-state index in [0.717, 1.165) is 10.9 Å². The van der Waals surface area contributed by atoms with E-state index in [1.165, 1.54) is 0 Å². The van der Waals surface area contributed by atoms with Gasteiger partial charge >= 0.3 is 0 Å². The van der Waals surface area contributed by atoms with Gasteiger partial charge in [0.2, 0.25) is 12.7 Å². The molecule has 0 radical (unpaired) electrons. The van der Waals surface area contributed by atoms with Crippen LogP contribution in [-0.2, 0) is 51.1 Å². The number of aromatic amines is 1. The van der Waals surface area contributed by atoms with Crippen LogP contribution in [0.1, 0.15) is 6.23 Å². The Morgan fingerprint density at radius 2 is 1.97 bits per heavy atom. The van der Waals surface area contributed by atoms with Gasteiger partial charge in [-0.05, 0) is 0 Å². The SMILES string of the molecule is Nc1nc2c(ncn2[C@@H]2O[C@H](COP(=O)([S-])OP(=O)([O-])OP([O-])([O-])=S)[C@@H](O)[C@H]2O)c(=O)[nH]1. The second-order valence-corrected chi connectivity index (χ2v) is 13.1. The van der Waals surface area contributed by atoms with Crippen LogP contribution in [-0.4, -0.2) is 54.7 Å². The molecule has 0 aliphatic carbocycles. The first-order chi connectivity index (χ1) is 14.6. The Morgan fingerprint density at radius 1 is 1.31 bits per heavy atom. The first-order valence-electron chi connectivity index (χ1n) is 8.04. The molecule has 2 unspecified atom stereocenters. The Kier molecular flexibility index (Phi) is 7.38. The summed E-state index contributed by atoms with van der Waals surface area (Å²) in [7, 11) is -5.75. The molecule has 2 aromatic rings. The Bertz CT molecular complexity index is 1220. The fourth-order valence-electron chi connectivity index (χ4n) is 2.67. The minimum atomic E-state index is -5.75.